The van der Waals surface area contributed by atoms with Crippen LogP contribution in [-0.4, -0.2) is 26.9 Å². The number of methoxy groups -OCH3 is 1. The van der Waals surface area contributed by atoms with E-state index in [2.05, 4.69) is 15.4 Å². The van der Waals surface area contributed by atoms with E-state index < -0.39 is 0 Å². The van der Waals surface area contributed by atoms with Crippen molar-refractivity contribution in [2.24, 2.45) is 7.05 Å². The Morgan fingerprint density at radius 1 is 1.00 bits per heavy atom. The molecule has 0 unspecified atom stereocenters. The number of ether oxygens (including phenoxy) is 1. The quantitative estimate of drug-likeness (QED) is 0.598. The topological polar surface area (TPSA) is 64.9 Å². The third-order valence-corrected chi connectivity index (χ3v) is 4.21. The van der Waals surface area contributed by atoms with Crippen LogP contribution in [-0.2, 0) is 13.6 Å². The van der Waals surface area contributed by atoms with Crippen molar-refractivity contribution in [1.82, 2.24) is 19.7 Å². The Morgan fingerprint density at radius 2 is 1.85 bits per heavy atom. The Morgan fingerprint density at radius 3 is 2.58 bits per heavy atom. The van der Waals surface area contributed by atoms with Crippen molar-refractivity contribution in [2.45, 2.75) is 6.54 Å². The second kappa shape index (κ2) is 6.84. The second-order valence-electron chi connectivity index (χ2n) is 6.06. The molecule has 6 heteroatoms. The van der Waals surface area contributed by atoms with E-state index in [1.54, 1.807) is 11.8 Å². The van der Waals surface area contributed by atoms with Crippen molar-refractivity contribution in [1.29, 1.82) is 0 Å². The molecule has 0 bridgehead atoms. The summed E-state index contributed by atoms with van der Waals surface area (Å²) >= 11 is 0. The van der Waals surface area contributed by atoms with Gasteiger partial charge in [-0.2, -0.15) is 5.10 Å². The number of hydrogen-bond acceptors (Lipinski definition) is 5. The number of hydrogen-bond donors (Lipinski definition) is 1. The fraction of sp³-hybridized carbons (Fsp3) is 0.150. The molecule has 3 aromatic heterocycles. The van der Waals surface area contributed by atoms with E-state index in [-0.39, 0.29) is 0 Å². The molecule has 0 spiro atoms. The summed E-state index contributed by atoms with van der Waals surface area (Å²) in [6, 6.07) is 13.9. The number of nitrogens with one attached hydrogen (secondary N) is 1. The van der Waals surface area contributed by atoms with Gasteiger partial charge in [0, 0.05) is 37.1 Å². The van der Waals surface area contributed by atoms with Gasteiger partial charge in [-0.15, -0.1) is 0 Å². The monoisotopic (exact) mass is 345 g/mol. The van der Waals surface area contributed by atoms with Crippen LogP contribution in [0.4, 0.5) is 5.82 Å². The molecule has 0 aliphatic carbocycles. The number of aromatic nitrogens is 4. The van der Waals surface area contributed by atoms with Gasteiger partial charge in [-0.25, -0.2) is 4.98 Å². The molecule has 0 amide bonds. The van der Waals surface area contributed by atoms with Gasteiger partial charge in [-0.1, -0.05) is 12.1 Å². The summed E-state index contributed by atoms with van der Waals surface area (Å²) in [6.07, 6.45) is 5.65. The minimum absolute atomic E-state index is 0.693. The molecule has 6 nitrogen and oxygen atoms in total. The number of pyridine rings is 2. The van der Waals surface area contributed by atoms with Crippen LogP contribution < -0.4 is 10.1 Å². The minimum Gasteiger partial charge on any atom is -0.497 e. The van der Waals surface area contributed by atoms with Gasteiger partial charge >= 0.3 is 0 Å². The van der Waals surface area contributed by atoms with E-state index in [1.807, 2.05) is 68.1 Å². The zero-order chi connectivity index (χ0) is 17.9. The van der Waals surface area contributed by atoms with Crippen LogP contribution in [0.15, 0.2) is 61.1 Å². The van der Waals surface area contributed by atoms with Gasteiger partial charge in [0.25, 0.3) is 0 Å². The Hall–Kier alpha value is -3.41. The van der Waals surface area contributed by atoms with Gasteiger partial charge in [-0.05, 0) is 35.9 Å². The Labute approximate surface area is 151 Å². The van der Waals surface area contributed by atoms with Crippen molar-refractivity contribution >= 4 is 16.9 Å². The molecule has 0 saturated carbocycles. The molecular weight excluding hydrogens is 326 g/mol. The van der Waals surface area contributed by atoms with Crippen LogP contribution in [0.3, 0.4) is 0 Å². The lowest BCUT2D eigenvalue weighted by molar-refractivity contribution is 0.414. The summed E-state index contributed by atoms with van der Waals surface area (Å²) in [5.41, 5.74) is 4.92. The summed E-state index contributed by atoms with van der Waals surface area (Å²) in [6.45, 7) is 0.693. The number of anilines is 1. The fourth-order valence-corrected chi connectivity index (χ4v) is 2.77. The average Bonchev–Trinajstić information content (AvgIpc) is 3.12. The summed E-state index contributed by atoms with van der Waals surface area (Å²) in [4.78, 5) is 9.20. The molecule has 130 valence electrons. The first-order valence-corrected chi connectivity index (χ1v) is 8.34. The summed E-state index contributed by atoms with van der Waals surface area (Å²) in [5.74, 6) is 1.67. The van der Waals surface area contributed by atoms with E-state index in [0.717, 1.165) is 39.3 Å². The molecular formula is C20H19N5O. The second-order valence-corrected chi connectivity index (χ2v) is 6.06. The number of aryl methyl sites for hydroxylation is 1. The molecule has 1 aromatic carbocycles. The smallest absolute Gasteiger partial charge is 0.127 e. The van der Waals surface area contributed by atoms with Crippen molar-refractivity contribution in [3.63, 3.8) is 0 Å². The van der Waals surface area contributed by atoms with Crippen LogP contribution in [0.5, 0.6) is 5.75 Å². The standard InChI is InChI=1S/C20H19N5O/c1-25-13-16(12-23-25)15-9-19-18(21-11-15)7-8-20(24-19)22-10-14-3-5-17(26-2)6-4-14/h3-9,11-13H,10H2,1-2H3,(H,22,24). The first kappa shape index (κ1) is 16.1. The largest absolute Gasteiger partial charge is 0.497 e. The van der Waals surface area contributed by atoms with Gasteiger partial charge in [0.05, 0.1) is 24.3 Å². The zero-order valence-corrected chi connectivity index (χ0v) is 14.7. The third-order valence-electron chi connectivity index (χ3n) is 4.21. The molecule has 3 heterocycles. The molecule has 0 aliphatic heterocycles. The van der Waals surface area contributed by atoms with E-state index in [9.17, 15) is 0 Å². The van der Waals surface area contributed by atoms with Gasteiger partial charge in [0.15, 0.2) is 0 Å². The van der Waals surface area contributed by atoms with Gasteiger partial charge < -0.3 is 10.1 Å². The summed E-state index contributed by atoms with van der Waals surface area (Å²) in [7, 11) is 3.57. The molecule has 0 aliphatic rings. The van der Waals surface area contributed by atoms with E-state index >= 15 is 0 Å². The number of fused-ring (bicyclic) bond motifs is 1. The van der Waals surface area contributed by atoms with Crippen molar-refractivity contribution < 1.29 is 4.74 Å². The maximum atomic E-state index is 5.18. The fourth-order valence-electron chi connectivity index (χ4n) is 2.77. The van der Waals surface area contributed by atoms with E-state index in [0.29, 0.717) is 6.54 Å². The van der Waals surface area contributed by atoms with Crippen LogP contribution in [0.25, 0.3) is 22.2 Å². The number of benzene rings is 1. The van der Waals surface area contributed by atoms with Crippen LogP contribution >= 0.6 is 0 Å². The normalized spacial score (nSPS) is 10.8. The summed E-state index contributed by atoms with van der Waals surface area (Å²) < 4.78 is 6.96. The van der Waals surface area contributed by atoms with Gasteiger partial charge in [0.2, 0.25) is 0 Å². The molecule has 4 rings (SSSR count). The highest BCUT2D eigenvalue weighted by molar-refractivity contribution is 5.81. The molecule has 26 heavy (non-hydrogen) atoms. The van der Waals surface area contributed by atoms with Crippen LogP contribution in [0, 0.1) is 0 Å². The SMILES string of the molecule is COc1ccc(CNc2ccc3ncc(-c4cnn(C)c4)cc3n2)cc1. The predicted molar refractivity (Wildman–Crippen MR) is 102 cm³/mol. The first-order valence-electron chi connectivity index (χ1n) is 8.34. The summed E-state index contributed by atoms with van der Waals surface area (Å²) in [5, 5.41) is 7.57. The van der Waals surface area contributed by atoms with Crippen molar-refractivity contribution in [3.8, 4) is 16.9 Å². The molecule has 4 aromatic rings. The number of nitrogens with zero attached hydrogens (tertiary/aromatic N) is 4. The van der Waals surface area contributed by atoms with Crippen LogP contribution in [0.1, 0.15) is 5.56 Å². The lowest BCUT2D eigenvalue weighted by atomic mass is 10.1. The molecule has 0 fully saturated rings. The lowest BCUT2D eigenvalue weighted by Crippen LogP contribution is -2.01. The maximum absolute atomic E-state index is 5.18. The molecule has 0 atom stereocenters. The van der Waals surface area contributed by atoms with Crippen LogP contribution in [0.2, 0.25) is 0 Å². The highest BCUT2D eigenvalue weighted by Gasteiger charge is 2.05. The van der Waals surface area contributed by atoms with Gasteiger partial charge in [0.1, 0.15) is 11.6 Å². The highest BCUT2D eigenvalue weighted by Crippen LogP contribution is 2.22. The van der Waals surface area contributed by atoms with Gasteiger partial charge in [-0.3, -0.25) is 9.67 Å². The minimum atomic E-state index is 0.693. The first-order chi connectivity index (χ1) is 12.7. The molecule has 0 radical (unpaired) electrons. The molecule has 0 saturated heterocycles. The Kier molecular flexibility index (Phi) is 4.23. The van der Waals surface area contributed by atoms with Crippen molar-refractivity contribution in [2.75, 3.05) is 12.4 Å². The zero-order valence-electron chi connectivity index (χ0n) is 14.7. The Bertz CT molecular complexity index is 1040. The third kappa shape index (κ3) is 3.35. The lowest BCUT2D eigenvalue weighted by Gasteiger charge is -2.08. The highest BCUT2D eigenvalue weighted by atomic mass is 16.5. The van der Waals surface area contributed by atoms with Crippen molar-refractivity contribution in [3.05, 3.63) is 66.6 Å². The molecule has 1 N–H and O–H groups in total. The maximum Gasteiger partial charge on any atom is 0.127 e. The van der Waals surface area contributed by atoms with E-state index in [1.165, 1.54) is 0 Å². The predicted octanol–water partition coefficient (Wildman–Crippen LogP) is 3.65. The number of rotatable bonds is 5. The van der Waals surface area contributed by atoms with E-state index in [4.69, 9.17) is 9.72 Å². The Balaban J connectivity index is 1.55. The average molecular weight is 345 g/mol.